The van der Waals surface area contributed by atoms with Crippen molar-refractivity contribution < 1.29 is 9.90 Å². The number of ketones is 1. The lowest BCUT2D eigenvalue weighted by Crippen LogP contribution is -2.27. The molecule has 0 spiro atoms. The third-order valence-electron chi connectivity index (χ3n) is 1.59. The molecule has 0 aromatic heterocycles. The Labute approximate surface area is 105 Å². The highest BCUT2D eigenvalue weighted by molar-refractivity contribution is 14.1. The maximum atomic E-state index is 11.6. The normalized spacial score (nSPS) is 14.9. The van der Waals surface area contributed by atoms with Gasteiger partial charge in [0.1, 0.15) is 0 Å². The smallest absolute Gasteiger partial charge is 0.205 e. The average molecular weight is 345 g/mol. The van der Waals surface area contributed by atoms with Crippen molar-refractivity contribution in [3.05, 3.63) is 33.8 Å². The van der Waals surface area contributed by atoms with Crippen LogP contribution in [-0.2, 0) is 0 Å². The van der Waals surface area contributed by atoms with Crippen LogP contribution in [0.25, 0.3) is 0 Å². The molecule has 1 unspecified atom stereocenters. The number of benzene rings is 1. The summed E-state index contributed by atoms with van der Waals surface area (Å²) in [6, 6.07) is 4.53. The monoisotopic (exact) mass is 344 g/mol. The lowest BCUT2D eigenvalue weighted by molar-refractivity contribution is 0.0746. The molecule has 0 heterocycles. The SMILES string of the molecule is CC(O)(I)C(=O)c1ccc(Cl)cc1Cl. The maximum Gasteiger partial charge on any atom is 0.205 e. The number of aliphatic hydroxyl groups is 1. The summed E-state index contributed by atoms with van der Waals surface area (Å²) in [5.74, 6) is -0.431. The minimum absolute atomic E-state index is 0.249. The predicted molar refractivity (Wildman–Crippen MR) is 65.4 cm³/mol. The second kappa shape index (κ2) is 4.35. The van der Waals surface area contributed by atoms with E-state index in [1.54, 1.807) is 28.7 Å². The molecule has 0 bridgehead atoms. The highest BCUT2D eigenvalue weighted by Crippen LogP contribution is 2.27. The summed E-state index contributed by atoms with van der Waals surface area (Å²) in [6.45, 7) is 1.40. The van der Waals surface area contributed by atoms with Crippen molar-refractivity contribution in [1.82, 2.24) is 0 Å². The number of rotatable bonds is 2. The minimum Gasteiger partial charge on any atom is -0.372 e. The van der Waals surface area contributed by atoms with Crippen LogP contribution in [0.3, 0.4) is 0 Å². The lowest BCUT2D eigenvalue weighted by atomic mass is 10.1. The van der Waals surface area contributed by atoms with Gasteiger partial charge in [-0.3, -0.25) is 4.79 Å². The van der Waals surface area contributed by atoms with E-state index < -0.39 is 9.39 Å². The molecule has 1 atom stereocenters. The third-order valence-corrected chi connectivity index (χ3v) is 2.63. The molecule has 1 N–H and O–H groups in total. The molecular weight excluding hydrogens is 338 g/mol. The third kappa shape index (κ3) is 2.82. The summed E-state index contributed by atoms with van der Waals surface area (Å²) in [7, 11) is 0. The first-order valence-electron chi connectivity index (χ1n) is 3.73. The van der Waals surface area contributed by atoms with E-state index in [2.05, 4.69) is 0 Å². The molecule has 14 heavy (non-hydrogen) atoms. The number of carbonyl (C=O) groups excluding carboxylic acids is 1. The van der Waals surface area contributed by atoms with E-state index in [0.717, 1.165) is 0 Å². The van der Waals surface area contributed by atoms with E-state index in [1.165, 1.54) is 19.1 Å². The van der Waals surface area contributed by atoms with Gasteiger partial charge in [-0.15, -0.1) is 0 Å². The second-order valence-corrected chi connectivity index (χ2v) is 5.85. The van der Waals surface area contributed by atoms with Crippen LogP contribution < -0.4 is 0 Å². The number of hydrogen-bond acceptors (Lipinski definition) is 2. The van der Waals surface area contributed by atoms with Crippen LogP contribution in [0.1, 0.15) is 17.3 Å². The van der Waals surface area contributed by atoms with Crippen molar-refractivity contribution in [2.45, 2.75) is 10.5 Å². The van der Waals surface area contributed by atoms with Gasteiger partial charge in [0.25, 0.3) is 0 Å². The molecule has 0 saturated heterocycles. The molecule has 0 aliphatic rings. The molecule has 0 radical (unpaired) electrons. The van der Waals surface area contributed by atoms with Crippen LogP contribution in [0.15, 0.2) is 18.2 Å². The van der Waals surface area contributed by atoms with Gasteiger partial charge >= 0.3 is 0 Å². The van der Waals surface area contributed by atoms with E-state index in [1.807, 2.05) is 0 Å². The molecule has 1 aromatic carbocycles. The Morgan fingerprint density at radius 2 is 2.07 bits per heavy atom. The molecule has 0 aliphatic heterocycles. The van der Waals surface area contributed by atoms with Gasteiger partial charge in [-0.25, -0.2) is 0 Å². The van der Waals surface area contributed by atoms with Crippen molar-refractivity contribution in [1.29, 1.82) is 0 Å². The zero-order chi connectivity index (χ0) is 10.9. The molecule has 1 rings (SSSR count). The summed E-state index contributed by atoms with van der Waals surface area (Å²) in [5.41, 5.74) is 0.274. The number of halogens is 3. The minimum atomic E-state index is -1.45. The first-order valence-corrected chi connectivity index (χ1v) is 5.57. The summed E-state index contributed by atoms with van der Waals surface area (Å²) >= 11 is 13.1. The van der Waals surface area contributed by atoms with Gasteiger partial charge in [0.2, 0.25) is 5.78 Å². The van der Waals surface area contributed by atoms with Crippen LogP contribution in [0.2, 0.25) is 10.0 Å². The van der Waals surface area contributed by atoms with Crippen molar-refractivity contribution >= 4 is 51.6 Å². The van der Waals surface area contributed by atoms with Gasteiger partial charge in [0.15, 0.2) is 3.61 Å². The molecule has 0 fully saturated rings. The zero-order valence-corrected chi connectivity index (χ0v) is 10.9. The van der Waals surface area contributed by atoms with E-state index >= 15 is 0 Å². The fourth-order valence-corrected chi connectivity index (χ4v) is 1.70. The van der Waals surface area contributed by atoms with Crippen LogP contribution >= 0.6 is 45.8 Å². The Balaban J connectivity index is 3.15. The lowest BCUT2D eigenvalue weighted by Gasteiger charge is -2.14. The van der Waals surface area contributed by atoms with Gasteiger partial charge in [-0.2, -0.15) is 0 Å². The second-order valence-electron chi connectivity index (χ2n) is 2.91. The average Bonchev–Trinajstić information content (AvgIpc) is 2.01. The number of Topliss-reactive ketones (excluding diaryl/α,β-unsaturated/α-hetero) is 1. The summed E-state index contributed by atoms with van der Waals surface area (Å²) in [4.78, 5) is 11.6. The van der Waals surface area contributed by atoms with Crippen molar-refractivity contribution in [3.8, 4) is 0 Å². The molecule has 0 saturated carbocycles. The molecule has 2 nitrogen and oxygen atoms in total. The first kappa shape index (κ1) is 12.2. The fourth-order valence-electron chi connectivity index (χ4n) is 0.919. The van der Waals surface area contributed by atoms with E-state index in [9.17, 15) is 9.90 Å². The van der Waals surface area contributed by atoms with Crippen LogP contribution in [0.5, 0.6) is 0 Å². The van der Waals surface area contributed by atoms with Crippen LogP contribution in [0.4, 0.5) is 0 Å². The van der Waals surface area contributed by atoms with Gasteiger partial charge < -0.3 is 5.11 Å². The zero-order valence-electron chi connectivity index (χ0n) is 7.22. The van der Waals surface area contributed by atoms with Crippen molar-refractivity contribution in [2.24, 2.45) is 0 Å². The Morgan fingerprint density at radius 1 is 1.50 bits per heavy atom. The quantitative estimate of drug-likeness (QED) is 0.507. The maximum absolute atomic E-state index is 11.6. The van der Waals surface area contributed by atoms with Crippen molar-refractivity contribution in [3.63, 3.8) is 0 Å². The molecule has 0 aliphatic carbocycles. The first-order chi connectivity index (χ1) is 6.32. The highest BCUT2D eigenvalue weighted by atomic mass is 127. The van der Waals surface area contributed by atoms with Crippen LogP contribution in [0, 0.1) is 0 Å². The molecule has 76 valence electrons. The van der Waals surface area contributed by atoms with E-state index in [0.29, 0.717) is 5.02 Å². The van der Waals surface area contributed by atoms with E-state index in [-0.39, 0.29) is 10.6 Å². The highest BCUT2D eigenvalue weighted by Gasteiger charge is 2.28. The Kier molecular flexibility index (Phi) is 3.80. The van der Waals surface area contributed by atoms with Gasteiger partial charge in [-0.05, 0) is 47.7 Å². The van der Waals surface area contributed by atoms with Gasteiger partial charge in [-0.1, -0.05) is 23.2 Å². The van der Waals surface area contributed by atoms with Crippen molar-refractivity contribution in [2.75, 3.05) is 0 Å². The summed E-state index contributed by atoms with van der Waals surface area (Å²) in [6.07, 6.45) is 0. The summed E-state index contributed by atoms with van der Waals surface area (Å²) < 4.78 is -1.45. The molecule has 1 aromatic rings. The van der Waals surface area contributed by atoms with Gasteiger partial charge in [0.05, 0.1) is 5.02 Å². The van der Waals surface area contributed by atoms with E-state index in [4.69, 9.17) is 23.2 Å². The number of alkyl halides is 1. The Bertz CT molecular complexity index is 372. The predicted octanol–water partition coefficient (Wildman–Crippen LogP) is 3.32. The molecular formula is C9H7Cl2IO2. The summed E-state index contributed by atoms with van der Waals surface area (Å²) in [5, 5.41) is 10.2. The fraction of sp³-hybridized carbons (Fsp3) is 0.222. The molecule has 5 heteroatoms. The largest absolute Gasteiger partial charge is 0.372 e. The molecule has 0 amide bonds. The topological polar surface area (TPSA) is 37.3 Å². The van der Waals surface area contributed by atoms with Crippen LogP contribution in [-0.4, -0.2) is 14.5 Å². The number of carbonyl (C=O) groups is 1. The Hall–Kier alpha value is 0.160. The van der Waals surface area contributed by atoms with Gasteiger partial charge in [0, 0.05) is 10.6 Å². The Morgan fingerprint density at radius 3 is 2.50 bits per heavy atom. The number of hydrogen-bond donors (Lipinski definition) is 1. The standard InChI is InChI=1S/C9H7Cl2IO2/c1-9(12,14)8(13)6-3-2-5(10)4-7(6)11/h2-4,14H,1H3.